The third-order valence-corrected chi connectivity index (χ3v) is 5.10. The van der Waals surface area contributed by atoms with Crippen molar-refractivity contribution in [1.82, 2.24) is 5.32 Å². The molecule has 0 amide bonds. The molecule has 0 bridgehead atoms. The molecule has 1 heteroatoms. The van der Waals surface area contributed by atoms with Gasteiger partial charge < -0.3 is 5.32 Å². The fourth-order valence-corrected chi connectivity index (χ4v) is 3.89. The molecule has 1 nitrogen and oxygen atoms in total. The predicted octanol–water partition coefficient (Wildman–Crippen LogP) is 4.51. The fraction of sp³-hybridized carbons (Fsp3) is 1.00. The smallest absolute Gasteiger partial charge is 0.00952 e. The first kappa shape index (κ1) is 13.4. The number of nitrogens with one attached hydrogen (secondary N) is 1. The van der Waals surface area contributed by atoms with Crippen molar-refractivity contribution in [2.24, 2.45) is 11.8 Å². The van der Waals surface area contributed by atoms with E-state index >= 15 is 0 Å². The monoisotopic (exact) mass is 237 g/mol. The summed E-state index contributed by atoms with van der Waals surface area (Å²) in [6, 6.07) is 1.67. The van der Waals surface area contributed by atoms with Crippen LogP contribution < -0.4 is 5.32 Å². The highest BCUT2D eigenvalue weighted by Gasteiger charge is 2.26. The molecule has 0 spiro atoms. The molecule has 2 saturated carbocycles. The number of rotatable bonds is 4. The summed E-state index contributed by atoms with van der Waals surface area (Å²) in [5.74, 6) is 1.96. The van der Waals surface area contributed by atoms with Gasteiger partial charge in [0.1, 0.15) is 0 Å². The van der Waals surface area contributed by atoms with E-state index in [0.717, 1.165) is 23.9 Å². The van der Waals surface area contributed by atoms with Gasteiger partial charge in [-0.3, -0.25) is 0 Å². The molecule has 0 heterocycles. The van der Waals surface area contributed by atoms with Crippen LogP contribution in [0.4, 0.5) is 0 Å². The Kier molecular flexibility index (Phi) is 5.34. The van der Waals surface area contributed by atoms with Gasteiger partial charge in [-0.05, 0) is 50.4 Å². The summed E-state index contributed by atoms with van der Waals surface area (Å²) in [5.41, 5.74) is 0. The minimum absolute atomic E-state index is 0.830. The third kappa shape index (κ3) is 3.98. The Hall–Kier alpha value is -0.0400. The van der Waals surface area contributed by atoms with Gasteiger partial charge in [0.2, 0.25) is 0 Å². The fourth-order valence-electron chi connectivity index (χ4n) is 3.89. The number of hydrogen-bond acceptors (Lipinski definition) is 1. The summed E-state index contributed by atoms with van der Waals surface area (Å²) in [7, 11) is 0. The van der Waals surface area contributed by atoms with Crippen molar-refractivity contribution in [3.05, 3.63) is 0 Å². The topological polar surface area (TPSA) is 12.0 Å². The van der Waals surface area contributed by atoms with Gasteiger partial charge >= 0.3 is 0 Å². The lowest BCUT2D eigenvalue weighted by Gasteiger charge is -2.36. The molecule has 0 radical (unpaired) electrons. The molecule has 0 aromatic heterocycles. The van der Waals surface area contributed by atoms with E-state index in [2.05, 4.69) is 19.2 Å². The SMILES string of the molecule is CCCC1CCC(NC2CCCCC2C)CC1. The standard InChI is InChI=1S/C16H31N/c1-3-6-14-9-11-15(12-10-14)17-16-8-5-4-7-13(16)2/h13-17H,3-12H2,1-2H3. The Bertz CT molecular complexity index is 206. The van der Waals surface area contributed by atoms with Gasteiger partial charge in [0.15, 0.2) is 0 Å². The van der Waals surface area contributed by atoms with E-state index in [-0.39, 0.29) is 0 Å². The highest BCUT2D eigenvalue weighted by Crippen LogP contribution is 2.30. The van der Waals surface area contributed by atoms with Crippen LogP contribution in [-0.2, 0) is 0 Å². The van der Waals surface area contributed by atoms with Crippen LogP contribution in [0.1, 0.15) is 78.1 Å². The molecule has 0 aromatic carbocycles. The summed E-state index contributed by atoms with van der Waals surface area (Å²) in [4.78, 5) is 0. The average Bonchev–Trinajstić information content (AvgIpc) is 2.35. The Morgan fingerprint density at radius 2 is 1.65 bits per heavy atom. The second kappa shape index (κ2) is 6.78. The third-order valence-electron chi connectivity index (χ3n) is 5.10. The Labute approximate surface area is 108 Å². The molecular formula is C16H31N. The molecule has 100 valence electrons. The average molecular weight is 237 g/mol. The zero-order valence-electron chi connectivity index (χ0n) is 11.9. The summed E-state index contributed by atoms with van der Waals surface area (Å²) in [6.45, 7) is 4.77. The van der Waals surface area contributed by atoms with Crippen LogP contribution >= 0.6 is 0 Å². The van der Waals surface area contributed by atoms with E-state index in [1.807, 2.05) is 0 Å². The normalized spacial score (nSPS) is 39.2. The number of hydrogen-bond donors (Lipinski definition) is 1. The lowest BCUT2D eigenvalue weighted by atomic mass is 9.81. The van der Waals surface area contributed by atoms with Gasteiger partial charge in [-0.25, -0.2) is 0 Å². The van der Waals surface area contributed by atoms with E-state index in [0.29, 0.717) is 0 Å². The first-order valence-electron chi connectivity index (χ1n) is 8.05. The summed E-state index contributed by atoms with van der Waals surface area (Å²) >= 11 is 0. The van der Waals surface area contributed by atoms with Crippen molar-refractivity contribution in [2.75, 3.05) is 0 Å². The zero-order chi connectivity index (χ0) is 12.1. The molecule has 2 unspecified atom stereocenters. The minimum atomic E-state index is 0.830. The molecule has 2 fully saturated rings. The molecule has 0 saturated heterocycles. The van der Waals surface area contributed by atoms with Gasteiger partial charge in [0.25, 0.3) is 0 Å². The molecule has 17 heavy (non-hydrogen) atoms. The lowest BCUT2D eigenvalue weighted by molar-refractivity contribution is 0.211. The Morgan fingerprint density at radius 3 is 2.29 bits per heavy atom. The van der Waals surface area contributed by atoms with Crippen LogP contribution in [0.5, 0.6) is 0 Å². The lowest BCUT2D eigenvalue weighted by Crippen LogP contribution is -2.45. The second-order valence-corrected chi connectivity index (χ2v) is 6.54. The van der Waals surface area contributed by atoms with Crippen molar-refractivity contribution in [1.29, 1.82) is 0 Å². The van der Waals surface area contributed by atoms with Crippen molar-refractivity contribution in [2.45, 2.75) is 90.1 Å². The molecule has 0 aliphatic heterocycles. The van der Waals surface area contributed by atoms with Crippen molar-refractivity contribution < 1.29 is 0 Å². The van der Waals surface area contributed by atoms with Gasteiger partial charge in [-0.1, -0.05) is 39.5 Å². The summed E-state index contributed by atoms with van der Waals surface area (Å²) < 4.78 is 0. The van der Waals surface area contributed by atoms with Crippen molar-refractivity contribution >= 4 is 0 Å². The van der Waals surface area contributed by atoms with Crippen LogP contribution in [0.15, 0.2) is 0 Å². The molecule has 2 aliphatic carbocycles. The first-order chi connectivity index (χ1) is 8.29. The Balaban J connectivity index is 1.70. The first-order valence-corrected chi connectivity index (χ1v) is 8.05. The largest absolute Gasteiger partial charge is 0.311 e. The van der Waals surface area contributed by atoms with Crippen molar-refractivity contribution in [3.63, 3.8) is 0 Å². The molecule has 0 aromatic rings. The molecule has 2 rings (SSSR count). The van der Waals surface area contributed by atoms with Crippen LogP contribution in [0, 0.1) is 11.8 Å². The quantitative estimate of drug-likeness (QED) is 0.758. The van der Waals surface area contributed by atoms with E-state index in [9.17, 15) is 0 Å². The van der Waals surface area contributed by atoms with Crippen LogP contribution in [-0.4, -0.2) is 12.1 Å². The molecule has 2 atom stereocenters. The highest BCUT2D eigenvalue weighted by atomic mass is 15.0. The Morgan fingerprint density at radius 1 is 0.941 bits per heavy atom. The maximum absolute atomic E-state index is 3.97. The maximum atomic E-state index is 3.97. The van der Waals surface area contributed by atoms with Gasteiger partial charge in [0.05, 0.1) is 0 Å². The van der Waals surface area contributed by atoms with E-state index in [1.165, 1.54) is 64.2 Å². The van der Waals surface area contributed by atoms with E-state index < -0.39 is 0 Å². The maximum Gasteiger partial charge on any atom is 0.00952 e. The molecule has 2 aliphatic rings. The van der Waals surface area contributed by atoms with Crippen LogP contribution in [0.25, 0.3) is 0 Å². The van der Waals surface area contributed by atoms with Crippen molar-refractivity contribution in [3.8, 4) is 0 Å². The van der Waals surface area contributed by atoms with Crippen LogP contribution in [0.3, 0.4) is 0 Å². The second-order valence-electron chi connectivity index (χ2n) is 6.54. The highest BCUT2D eigenvalue weighted by molar-refractivity contribution is 4.84. The van der Waals surface area contributed by atoms with Gasteiger partial charge in [-0.2, -0.15) is 0 Å². The van der Waals surface area contributed by atoms with E-state index in [1.54, 1.807) is 0 Å². The zero-order valence-corrected chi connectivity index (χ0v) is 11.9. The molecule has 1 N–H and O–H groups in total. The van der Waals surface area contributed by atoms with Gasteiger partial charge in [-0.15, -0.1) is 0 Å². The minimum Gasteiger partial charge on any atom is -0.311 e. The van der Waals surface area contributed by atoms with E-state index in [4.69, 9.17) is 0 Å². The summed E-state index contributed by atoms with van der Waals surface area (Å²) in [6.07, 6.45) is 14.5. The predicted molar refractivity (Wildman–Crippen MR) is 75.2 cm³/mol. The summed E-state index contributed by atoms with van der Waals surface area (Å²) in [5, 5.41) is 3.97. The van der Waals surface area contributed by atoms with Gasteiger partial charge in [0, 0.05) is 12.1 Å². The molecular weight excluding hydrogens is 206 g/mol. The van der Waals surface area contributed by atoms with Crippen LogP contribution in [0.2, 0.25) is 0 Å².